The normalized spacial score (nSPS) is 16.5. The van der Waals surface area contributed by atoms with Crippen LogP contribution >= 0.6 is 0 Å². The molecule has 0 aliphatic carbocycles. The standard InChI is InChI=1S/C19H26N2OS/c1-15(2)14-18(21-17-12-8-5-9-13-17)19(23(3,20)22)16-10-6-4-7-11-16/h4-13,15,18-21H,14H2,1-3H3/t18-,19+,23+/m0/s1. The van der Waals surface area contributed by atoms with E-state index in [2.05, 4.69) is 19.2 Å². The topological polar surface area (TPSA) is 53.0 Å². The van der Waals surface area contributed by atoms with E-state index in [0.717, 1.165) is 17.7 Å². The summed E-state index contributed by atoms with van der Waals surface area (Å²) in [6.45, 7) is 4.31. The first-order valence-electron chi connectivity index (χ1n) is 7.97. The first kappa shape index (κ1) is 17.5. The van der Waals surface area contributed by atoms with Gasteiger partial charge in [0.25, 0.3) is 0 Å². The zero-order valence-corrected chi connectivity index (χ0v) is 14.8. The Morgan fingerprint density at radius 3 is 2.00 bits per heavy atom. The summed E-state index contributed by atoms with van der Waals surface area (Å²) in [5.74, 6) is 0.448. The molecule has 2 N–H and O–H groups in total. The summed E-state index contributed by atoms with van der Waals surface area (Å²) in [7, 11) is -2.75. The van der Waals surface area contributed by atoms with E-state index in [0.29, 0.717) is 5.92 Å². The summed E-state index contributed by atoms with van der Waals surface area (Å²) < 4.78 is 21.0. The SMILES string of the molecule is CC(C)C[C@H](Nc1ccccc1)[C@@H](c1ccccc1)[S@](C)(=N)=O. The van der Waals surface area contributed by atoms with Crippen molar-refractivity contribution in [2.24, 2.45) is 5.92 Å². The van der Waals surface area contributed by atoms with Gasteiger partial charge >= 0.3 is 0 Å². The molecule has 3 nitrogen and oxygen atoms in total. The molecule has 2 rings (SSSR count). The van der Waals surface area contributed by atoms with Crippen LogP contribution in [0.1, 0.15) is 31.1 Å². The van der Waals surface area contributed by atoms with Crippen molar-refractivity contribution in [2.75, 3.05) is 11.6 Å². The summed E-state index contributed by atoms with van der Waals surface area (Å²) in [6, 6.07) is 19.7. The lowest BCUT2D eigenvalue weighted by Crippen LogP contribution is -2.33. The van der Waals surface area contributed by atoms with Crippen LogP contribution in [-0.2, 0) is 9.73 Å². The Morgan fingerprint density at radius 2 is 1.52 bits per heavy atom. The highest BCUT2D eigenvalue weighted by molar-refractivity contribution is 7.92. The van der Waals surface area contributed by atoms with E-state index in [1.54, 1.807) is 6.26 Å². The largest absolute Gasteiger partial charge is 0.381 e. The Morgan fingerprint density at radius 1 is 1.00 bits per heavy atom. The zero-order chi connectivity index (χ0) is 16.9. The summed E-state index contributed by atoms with van der Waals surface area (Å²) in [5.41, 5.74) is 1.96. The molecule has 0 fully saturated rings. The minimum atomic E-state index is -2.75. The van der Waals surface area contributed by atoms with Crippen LogP contribution in [0.4, 0.5) is 5.69 Å². The van der Waals surface area contributed by atoms with Crippen molar-refractivity contribution in [1.29, 1.82) is 4.78 Å². The Kier molecular flexibility index (Phi) is 5.83. The highest BCUT2D eigenvalue weighted by Crippen LogP contribution is 2.31. The summed E-state index contributed by atoms with van der Waals surface area (Å²) in [4.78, 5) is 0. The lowest BCUT2D eigenvalue weighted by atomic mass is 9.96. The van der Waals surface area contributed by atoms with E-state index in [4.69, 9.17) is 4.78 Å². The van der Waals surface area contributed by atoms with Gasteiger partial charge < -0.3 is 5.32 Å². The molecule has 0 radical (unpaired) electrons. The van der Waals surface area contributed by atoms with Crippen molar-refractivity contribution in [2.45, 2.75) is 31.6 Å². The maximum Gasteiger partial charge on any atom is 0.0875 e. The third-order valence-electron chi connectivity index (χ3n) is 3.83. The molecule has 3 atom stereocenters. The highest BCUT2D eigenvalue weighted by Gasteiger charge is 2.30. The predicted octanol–water partition coefficient (Wildman–Crippen LogP) is 4.93. The predicted molar refractivity (Wildman–Crippen MR) is 99.3 cm³/mol. The second-order valence-corrected chi connectivity index (χ2v) is 8.80. The molecule has 0 aliphatic heterocycles. The molecule has 23 heavy (non-hydrogen) atoms. The van der Waals surface area contributed by atoms with Crippen LogP contribution < -0.4 is 5.32 Å². The van der Waals surface area contributed by atoms with Crippen LogP contribution in [-0.4, -0.2) is 16.5 Å². The summed E-state index contributed by atoms with van der Waals surface area (Å²) in [6.07, 6.45) is 2.41. The van der Waals surface area contributed by atoms with Crippen LogP contribution in [0.3, 0.4) is 0 Å². The number of para-hydroxylation sites is 1. The number of hydrogen-bond acceptors (Lipinski definition) is 3. The van der Waals surface area contributed by atoms with Crippen molar-refractivity contribution < 1.29 is 4.21 Å². The number of rotatable bonds is 7. The molecule has 0 saturated carbocycles. The van der Waals surface area contributed by atoms with Crippen molar-refractivity contribution in [1.82, 2.24) is 0 Å². The first-order valence-corrected chi connectivity index (χ1v) is 10.00. The quantitative estimate of drug-likeness (QED) is 0.756. The Bertz CT molecular complexity index is 697. The second-order valence-electron chi connectivity index (χ2n) is 6.48. The number of benzene rings is 2. The van der Waals surface area contributed by atoms with E-state index in [9.17, 15) is 4.21 Å². The van der Waals surface area contributed by atoms with Crippen LogP contribution in [0.25, 0.3) is 0 Å². The minimum absolute atomic E-state index is 0.0465. The fraction of sp³-hybridized carbons (Fsp3) is 0.368. The Balaban J connectivity index is 2.40. The molecule has 2 aromatic rings. The van der Waals surface area contributed by atoms with E-state index in [1.807, 2.05) is 60.7 Å². The van der Waals surface area contributed by atoms with E-state index < -0.39 is 9.73 Å². The fourth-order valence-corrected chi connectivity index (χ4v) is 4.45. The van der Waals surface area contributed by atoms with Gasteiger partial charge in [0.2, 0.25) is 0 Å². The highest BCUT2D eigenvalue weighted by atomic mass is 32.2. The van der Waals surface area contributed by atoms with Crippen LogP contribution in [0.15, 0.2) is 60.7 Å². The Hall–Kier alpha value is -1.81. The van der Waals surface area contributed by atoms with Gasteiger partial charge in [-0.15, -0.1) is 0 Å². The monoisotopic (exact) mass is 330 g/mol. The number of anilines is 1. The van der Waals surface area contributed by atoms with E-state index in [-0.39, 0.29) is 11.3 Å². The molecular weight excluding hydrogens is 304 g/mol. The lowest BCUT2D eigenvalue weighted by Gasteiger charge is -2.31. The molecule has 0 aromatic heterocycles. The molecule has 2 aromatic carbocycles. The first-order chi connectivity index (χ1) is 10.9. The molecule has 0 saturated heterocycles. The molecule has 0 amide bonds. The average Bonchev–Trinajstić information content (AvgIpc) is 2.47. The average molecular weight is 330 g/mol. The third-order valence-corrected chi connectivity index (χ3v) is 5.40. The van der Waals surface area contributed by atoms with Crippen molar-refractivity contribution in [3.8, 4) is 0 Å². The van der Waals surface area contributed by atoms with Crippen LogP contribution in [0.5, 0.6) is 0 Å². The third kappa shape index (κ3) is 5.10. The van der Waals surface area contributed by atoms with E-state index in [1.165, 1.54) is 0 Å². The molecule has 0 aliphatic rings. The van der Waals surface area contributed by atoms with Gasteiger partial charge in [0.1, 0.15) is 0 Å². The fourth-order valence-electron chi connectivity index (χ4n) is 2.96. The molecule has 0 spiro atoms. The van der Waals surface area contributed by atoms with Gasteiger partial charge in [-0.25, -0.2) is 4.21 Å². The zero-order valence-electron chi connectivity index (χ0n) is 14.0. The summed E-state index contributed by atoms with van der Waals surface area (Å²) >= 11 is 0. The molecule has 124 valence electrons. The molecule has 0 heterocycles. The van der Waals surface area contributed by atoms with Gasteiger partial charge in [0, 0.05) is 18.0 Å². The smallest absolute Gasteiger partial charge is 0.0875 e. The molecule has 0 unspecified atom stereocenters. The number of nitrogens with one attached hydrogen (secondary N) is 2. The Labute approximate surface area is 140 Å². The molecule has 0 bridgehead atoms. The van der Waals surface area contributed by atoms with Gasteiger partial charge in [-0.3, -0.25) is 4.78 Å². The molecule has 4 heteroatoms. The second kappa shape index (κ2) is 7.64. The van der Waals surface area contributed by atoms with Crippen molar-refractivity contribution in [3.05, 3.63) is 66.2 Å². The van der Waals surface area contributed by atoms with Crippen molar-refractivity contribution in [3.63, 3.8) is 0 Å². The maximum absolute atomic E-state index is 12.7. The van der Waals surface area contributed by atoms with Gasteiger partial charge in [-0.05, 0) is 30.0 Å². The van der Waals surface area contributed by atoms with Gasteiger partial charge in [-0.2, -0.15) is 0 Å². The van der Waals surface area contributed by atoms with Gasteiger partial charge in [0.05, 0.1) is 15.0 Å². The van der Waals surface area contributed by atoms with Crippen LogP contribution in [0.2, 0.25) is 0 Å². The van der Waals surface area contributed by atoms with Gasteiger partial charge in [0.15, 0.2) is 0 Å². The van der Waals surface area contributed by atoms with Crippen molar-refractivity contribution >= 4 is 15.4 Å². The van der Waals surface area contributed by atoms with Gasteiger partial charge in [-0.1, -0.05) is 62.4 Å². The molecular formula is C19H26N2OS. The summed E-state index contributed by atoms with van der Waals surface area (Å²) in [5, 5.41) is 3.17. The maximum atomic E-state index is 12.7. The minimum Gasteiger partial charge on any atom is -0.381 e. The lowest BCUT2D eigenvalue weighted by molar-refractivity contribution is 0.503. The van der Waals surface area contributed by atoms with E-state index >= 15 is 0 Å². The number of hydrogen-bond donors (Lipinski definition) is 2. The van der Waals surface area contributed by atoms with Crippen LogP contribution in [0, 0.1) is 10.7 Å².